The highest BCUT2D eigenvalue weighted by atomic mass is 16.7. The Kier molecular flexibility index (Phi) is 17.3. The zero-order chi connectivity index (χ0) is 47.5. The van der Waals surface area contributed by atoms with Crippen LogP contribution in [0.25, 0.3) is 6.08 Å². The van der Waals surface area contributed by atoms with E-state index < -0.39 is 108 Å². The summed E-state index contributed by atoms with van der Waals surface area (Å²) in [7, 11) is 6.87. The van der Waals surface area contributed by atoms with Crippen molar-refractivity contribution in [1.82, 2.24) is 9.80 Å². The fraction of sp³-hybridized carbons (Fsp3) is 0.776. The Bertz CT molecular complexity index is 1750. The lowest BCUT2D eigenvalue weighted by Crippen LogP contribution is -2.61. The molecule has 1 aromatic rings. The normalized spacial score (nSPS) is 42.9. The van der Waals surface area contributed by atoms with E-state index in [2.05, 4.69) is 0 Å². The van der Waals surface area contributed by atoms with Crippen molar-refractivity contribution in [2.75, 3.05) is 34.9 Å². The number of ketones is 1. The standard InChI is InChI=1S/C49H78N2O13/c1-15-36-49(10)41(51(46(56)64-49)24-20-19-23-34-21-17-16-18-22-34)30(4)38(52)28(2)26-48(9,58-14)43(63-45-39(53)35(50(11)12)25-29(3)59-45)31(5)40(32(6)44(55)61-36)62-37-27-47(8,57-13)42(54)33(7)60-37/h16-19,21-23,28-33,35-37,39-43,45,53-54H,15,20,24-27H2,1-14H3/t28-,29-,30+,31+,32-,33+,35+,36-,37+,39-,40+,41-,42+,43-,45+,47?,48-,49-/m1/s1. The smallest absolute Gasteiger partial charge is 0.410 e. The lowest BCUT2D eigenvalue weighted by molar-refractivity contribution is -0.319. The van der Waals surface area contributed by atoms with Crippen molar-refractivity contribution >= 4 is 23.9 Å². The highest BCUT2D eigenvalue weighted by molar-refractivity contribution is 5.85. The first-order valence-corrected chi connectivity index (χ1v) is 23.3. The summed E-state index contributed by atoms with van der Waals surface area (Å²) in [6, 6.07) is 8.76. The third-order valence-electron chi connectivity index (χ3n) is 14.8. The molecule has 4 fully saturated rings. The van der Waals surface area contributed by atoms with Gasteiger partial charge in [0.25, 0.3) is 0 Å². The predicted octanol–water partition coefficient (Wildman–Crippen LogP) is 6.01. The Balaban J connectivity index is 1.61. The number of carbonyl (C=O) groups is 3. The van der Waals surface area contributed by atoms with Gasteiger partial charge in [-0.15, -0.1) is 0 Å². The molecule has 1 unspecified atom stereocenters. The average molecular weight is 903 g/mol. The number of fused-ring (bicyclic) bond motifs is 1. The van der Waals surface area contributed by atoms with Gasteiger partial charge in [0.2, 0.25) is 0 Å². The van der Waals surface area contributed by atoms with Crippen LogP contribution in [0.4, 0.5) is 4.79 Å². The molecule has 0 spiro atoms. The van der Waals surface area contributed by atoms with Crippen molar-refractivity contribution in [2.24, 2.45) is 23.7 Å². The molecule has 0 radical (unpaired) electrons. The summed E-state index contributed by atoms with van der Waals surface area (Å²) in [4.78, 5) is 47.4. The largest absolute Gasteiger partial charge is 0.458 e. The number of esters is 1. The minimum absolute atomic E-state index is 0.132. The number of ether oxygens (including phenoxy) is 8. The predicted molar refractivity (Wildman–Crippen MR) is 240 cm³/mol. The van der Waals surface area contributed by atoms with E-state index in [1.807, 2.05) is 103 Å². The monoisotopic (exact) mass is 903 g/mol. The molecule has 4 aliphatic rings. The molecular weight excluding hydrogens is 825 g/mol. The third-order valence-corrected chi connectivity index (χ3v) is 14.8. The van der Waals surface area contributed by atoms with E-state index in [0.717, 1.165) is 5.56 Å². The van der Waals surface area contributed by atoms with Crippen LogP contribution < -0.4 is 0 Å². The molecule has 4 saturated heterocycles. The van der Waals surface area contributed by atoms with E-state index in [1.54, 1.807) is 39.7 Å². The van der Waals surface area contributed by atoms with E-state index in [-0.39, 0.29) is 43.7 Å². The first-order chi connectivity index (χ1) is 30.0. The second kappa shape index (κ2) is 21.3. The zero-order valence-corrected chi connectivity index (χ0v) is 40.7. The van der Waals surface area contributed by atoms with Gasteiger partial charge in [0, 0.05) is 51.0 Å². The second-order valence-corrected chi connectivity index (χ2v) is 19.8. The number of benzene rings is 1. The number of cyclic esters (lactones) is 1. The van der Waals surface area contributed by atoms with Crippen LogP contribution in [-0.2, 0) is 47.5 Å². The van der Waals surface area contributed by atoms with Gasteiger partial charge in [-0.3, -0.25) is 9.59 Å². The van der Waals surface area contributed by atoms with Crippen molar-refractivity contribution in [3.05, 3.63) is 42.0 Å². The fourth-order valence-corrected chi connectivity index (χ4v) is 10.9. The fourth-order valence-electron chi connectivity index (χ4n) is 10.9. The van der Waals surface area contributed by atoms with Gasteiger partial charge in [0.05, 0.1) is 47.6 Å². The van der Waals surface area contributed by atoms with E-state index in [1.165, 1.54) is 7.11 Å². The van der Waals surface area contributed by atoms with Gasteiger partial charge >= 0.3 is 12.1 Å². The molecule has 64 heavy (non-hydrogen) atoms. The van der Waals surface area contributed by atoms with Crippen LogP contribution in [0, 0.1) is 23.7 Å². The maximum absolute atomic E-state index is 15.0. The van der Waals surface area contributed by atoms with Crippen molar-refractivity contribution in [1.29, 1.82) is 0 Å². The molecule has 15 nitrogen and oxygen atoms in total. The summed E-state index contributed by atoms with van der Waals surface area (Å²) in [5.74, 6) is -3.86. The van der Waals surface area contributed by atoms with Crippen LogP contribution in [0.15, 0.2) is 36.4 Å². The Morgan fingerprint density at radius 1 is 0.891 bits per heavy atom. The number of rotatable bonds is 12. The SMILES string of the molecule is CC[C@H]1OC(=O)[C@H](C)[C@@H](O[C@H]2CC(C)(OC)[C@@H](O)[C@H](C)O2)[C@H](C)[C@@H](O[C@@H]2O[C@H](C)C[C@H](N(C)C)[C@H]2O)[C@](C)(OC)C[C@@H](C)C(=O)[C@H](C)[C@H]2N(CCC=Cc3ccccc3)C(=O)O[C@]12C. The molecule has 4 heterocycles. The van der Waals surface area contributed by atoms with Gasteiger partial charge in [-0.05, 0) is 86.9 Å². The summed E-state index contributed by atoms with van der Waals surface area (Å²) in [5, 5.41) is 22.9. The molecule has 2 N–H and O–H groups in total. The molecule has 5 rings (SSSR count). The van der Waals surface area contributed by atoms with Crippen LogP contribution >= 0.6 is 0 Å². The third kappa shape index (κ3) is 10.9. The highest BCUT2D eigenvalue weighted by Gasteiger charge is 2.61. The number of aliphatic hydroxyl groups excluding tert-OH is 2. The van der Waals surface area contributed by atoms with Crippen LogP contribution in [0.3, 0.4) is 0 Å². The summed E-state index contributed by atoms with van der Waals surface area (Å²) in [6.45, 7) is 18.5. The number of amides is 1. The molecule has 0 aliphatic carbocycles. The minimum Gasteiger partial charge on any atom is -0.458 e. The van der Waals surface area contributed by atoms with Crippen LogP contribution in [0.1, 0.15) is 107 Å². The number of aliphatic hydroxyl groups is 2. The quantitative estimate of drug-likeness (QED) is 0.234. The topological polar surface area (TPSA) is 172 Å². The van der Waals surface area contributed by atoms with Gasteiger partial charge in [0.1, 0.15) is 24.1 Å². The average Bonchev–Trinajstić information content (AvgIpc) is 3.52. The second-order valence-electron chi connectivity index (χ2n) is 19.8. The number of methoxy groups -OCH3 is 2. The van der Waals surface area contributed by atoms with E-state index in [0.29, 0.717) is 12.8 Å². The zero-order valence-electron chi connectivity index (χ0n) is 40.7. The molecule has 0 aromatic heterocycles. The summed E-state index contributed by atoms with van der Waals surface area (Å²) in [6.07, 6.45) is -2.93. The van der Waals surface area contributed by atoms with Gasteiger partial charge in [-0.1, -0.05) is 70.2 Å². The number of carbonyl (C=O) groups excluding carboxylic acids is 3. The van der Waals surface area contributed by atoms with Crippen LogP contribution in [0.2, 0.25) is 0 Å². The number of likely N-dealkylation sites (N-methyl/N-ethyl adjacent to an activating group) is 1. The van der Waals surface area contributed by atoms with Gasteiger partial charge < -0.3 is 57.9 Å². The molecule has 0 saturated carbocycles. The summed E-state index contributed by atoms with van der Waals surface area (Å²) in [5.41, 5.74) is -2.68. The van der Waals surface area contributed by atoms with Crippen molar-refractivity contribution < 1.29 is 62.5 Å². The maximum Gasteiger partial charge on any atom is 0.410 e. The number of hydrogen-bond acceptors (Lipinski definition) is 14. The Labute approximate surface area is 381 Å². The summed E-state index contributed by atoms with van der Waals surface area (Å²) < 4.78 is 51.5. The van der Waals surface area contributed by atoms with Crippen molar-refractivity contribution in [3.63, 3.8) is 0 Å². The molecule has 0 bridgehead atoms. The van der Waals surface area contributed by atoms with E-state index in [4.69, 9.17) is 37.9 Å². The van der Waals surface area contributed by atoms with Crippen LogP contribution in [-0.4, -0.2) is 157 Å². The van der Waals surface area contributed by atoms with E-state index in [9.17, 15) is 24.6 Å². The molecule has 1 aromatic carbocycles. The lowest BCUT2D eigenvalue weighted by Gasteiger charge is -2.50. The highest BCUT2D eigenvalue weighted by Crippen LogP contribution is 2.45. The maximum atomic E-state index is 15.0. The molecule has 1 amide bonds. The van der Waals surface area contributed by atoms with E-state index >= 15 is 0 Å². The van der Waals surface area contributed by atoms with Crippen molar-refractivity contribution in [2.45, 2.75) is 186 Å². The number of hydrogen-bond donors (Lipinski definition) is 2. The number of Topliss-reactive ketones (excluding diaryl/α,β-unsaturated/α-hetero) is 1. The minimum atomic E-state index is -1.41. The number of nitrogens with zero attached hydrogens (tertiary/aromatic N) is 2. The van der Waals surface area contributed by atoms with Crippen molar-refractivity contribution in [3.8, 4) is 0 Å². The first-order valence-electron chi connectivity index (χ1n) is 23.3. The molecule has 15 heteroatoms. The van der Waals surface area contributed by atoms with Crippen LogP contribution in [0.5, 0.6) is 0 Å². The Morgan fingerprint density at radius 2 is 1.55 bits per heavy atom. The Morgan fingerprint density at radius 3 is 2.16 bits per heavy atom. The van der Waals surface area contributed by atoms with Gasteiger partial charge in [0.15, 0.2) is 18.2 Å². The first kappa shape index (κ1) is 52.0. The molecule has 18 atom stereocenters. The Hall–Kier alpha value is -2.99. The lowest BCUT2D eigenvalue weighted by atomic mass is 9.73. The summed E-state index contributed by atoms with van der Waals surface area (Å²) >= 11 is 0. The molecular formula is C49H78N2O13. The molecule has 4 aliphatic heterocycles. The van der Waals surface area contributed by atoms with Gasteiger partial charge in [-0.25, -0.2) is 4.79 Å². The molecule has 362 valence electrons. The van der Waals surface area contributed by atoms with Gasteiger partial charge in [-0.2, -0.15) is 0 Å².